The van der Waals surface area contributed by atoms with E-state index in [0.29, 0.717) is 18.3 Å². The van der Waals surface area contributed by atoms with Crippen molar-refractivity contribution in [2.24, 2.45) is 0 Å². The molecule has 0 bridgehead atoms. The maximum Gasteiger partial charge on any atom is 0.269 e. The van der Waals surface area contributed by atoms with Crippen LogP contribution >= 0.6 is 0 Å². The molecule has 1 unspecified atom stereocenters. The Morgan fingerprint density at radius 1 is 1.19 bits per heavy atom. The van der Waals surface area contributed by atoms with Crippen LogP contribution in [-0.4, -0.2) is 26.5 Å². The van der Waals surface area contributed by atoms with E-state index in [2.05, 4.69) is 16.3 Å². The van der Waals surface area contributed by atoms with Crippen molar-refractivity contribution in [1.82, 2.24) is 15.0 Å². The van der Waals surface area contributed by atoms with Gasteiger partial charge in [0.1, 0.15) is 6.04 Å². The van der Waals surface area contributed by atoms with Crippen molar-refractivity contribution in [3.63, 3.8) is 0 Å². The van der Waals surface area contributed by atoms with E-state index in [1.165, 1.54) is 12.1 Å². The third kappa shape index (κ3) is 3.22. The number of aromatic nitrogens is 2. The van der Waals surface area contributed by atoms with Crippen LogP contribution in [0.15, 0.2) is 53.1 Å². The number of rotatable bonds is 4. The van der Waals surface area contributed by atoms with E-state index in [4.69, 9.17) is 4.52 Å². The summed E-state index contributed by atoms with van der Waals surface area (Å²) in [6.45, 7) is 0.709. The van der Waals surface area contributed by atoms with Crippen molar-refractivity contribution < 1.29 is 9.45 Å². The first-order valence-corrected chi connectivity index (χ1v) is 8.51. The van der Waals surface area contributed by atoms with Gasteiger partial charge in [0.2, 0.25) is 0 Å². The predicted octanol–water partition coefficient (Wildman–Crippen LogP) is 3.93. The maximum atomic E-state index is 10.8. The molecular formula is C19H15N5O3. The van der Waals surface area contributed by atoms with Crippen LogP contribution in [0.2, 0.25) is 0 Å². The van der Waals surface area contributed by atoms with Gasteiger partial charge in [0.15, 0.2) is 12.0 Å². The van der Waals surface area contributed by atoms with E-state index >= 15 is 0 Å². The predicted molar refractivity (Wildman–Crippen MR) is 96.1 cm³/mol. The Morgan fingerprint density at radius 2 is 1.96 bits per heavy atom. The van der Waals surface area contributed by atoms with Gasteiger partial charge < -0.3 is 4.52 Å². The van der Waals surface area contributed by atoms with Gasteiger partial charge in [-0.15, -0.1) is 0 Å². The van der Waals surface area contributed by atoms with E-state index in [0.717, 1.165) is 29.5 Å². The number of hydrogen-bond acceptors (Lipinski definition) is 7. The number of likely N-dealkylation sites (tertiary alicyclic amines) is 1. The molecule has 1 saturated heterocycles. The van der Waals surface area contributed by atoms with Crippen molar-refractivity contribution in [1.29, 1.82) is 5.26 Å². The lowest BCUT2D eigenvalue weighted by atomic mass is 10.0. The molecule has 0 spiro atoms. The molecule has 1 atom stereocenters. The summed E-state index contributed by atoms with van der Waals surface area (Å²) in [7, 11) is 0. The second-order valence-electron chi connectivity index (χ2n) is 6.29. The zero-order valence-electron chi connectivity index (χ0n) is 14.3. The molecule has 8 nitrogen and oxygen atoms in total. The molecule has 8 heteroatoms. The first-order valence-electron chi connectivity index (χ1n) is 8.51. The molecule has 0 N–H and O–H groups in total. The molecule has 0 saturated carbocycles. The number of nitro groups is 1. The fourth-order valence-electron chi connectivity index (χ4n) is 3.25. The first kappa shape index (κ1) is 16.7. The van der Waals surface area contributed by atoms with E-state index in [-0.39, 0.29) is 11.7 Å². The molecule has 0 radical (unpaired) electrons. The van der Waals surface area contributed by atoms with Gasteiger partial charge in [-0.05, 0) is 48.2 Å². The minimum absolute atomic E-state index is 0.0510. The maximum absolute atomic E-state index is 10.8. The largest absolute Gasteiger partial charge is 0.334 e. The quantitative estimate of drug-likeness (QED) is 0.393. The minimum Gasteiger partial charge on any atom is -0.334 e. The molecule has 134 valence electrons. The van der Waals surface area contributed by atoms with Crippen molar-refractivity contribution in [2.45, 2.75) is 18.9 Å². The Kier molecular flexibility index (Phi) is 4.26. The number of benzene rings is 2. The Balaban J connectivity index is 1.61. The molecule has 2 aromatic carbocycles. The molecule has 27 heavy (non-hydrogen) atoms. The number of nitrogens with zero attached hydrogens (tertiary/aromatic N) is 5. The average Bonchev–Trinajstić information content (AvgIpc) is 3.37. The lowest BCUT2D eigenvalue weighted by Gasteiger charge is -2.13. The highest BCUT2D eigenvalue weighted by atomic mass is 16.6. The zero-order valence-corrected chi connectivity index (χ0v) is 14.3. The van der Waals surface area contributed by atoms with Crippen molar-refractivity contribution in [2.75, 3.05) is 6.54 Å². The lowest BCUT2D eigenvalue weighted by Crippen LogP contribution is -2.17. The smallest absolute Gasteiger partial charge is 0.269 e. The third-order valence-corrected chi connectivity index (χ3v) is 4.64. The molecule has 3 aromatic rings. The molecule has 0 aliphatic carbocycles. The molecule has 1 aliphatic heterocycles. The normalized spacial score (nSPS) is 16.3. The summed E-state index contributed by atoms with van der Waals surface area (Å²) in [6.07, 6.45) is 3.93. The Morgan fingerprint density at radius 3 is 2.70 bits per heavy atom. The fourth-order valence-corrected chi connectivity index (χ4v) is 3.25. The van der Waals surface area contributed by atoms with Gasteiger partial charge in [-0.1, -0.05) is 17.3 Å². The molecule has 2 heterocycles. The summed E-state index contributed by atoms with van der Waals surface area (Å²) >= 11 is 0. The highest BCUT2D eigenvalue weighted by molar-refractivity contribution is 5.70. The van der Waals surface area contributed by atoms with Crippen molar-refractivity contribution >= 4 is 5.69 Å². The lowest BCUT2D eigenvalue weighted by molar-refractivity contribution is -0.384. The summed E-state index contributed by atoms with van der Waals surface area (Å²) in [4.78, 5) is 16.5. The average molecular weight is 361 g/mol. The number of nitriles is 1. The van der Waals surface area contributed by atoms with Crippen LogP contribution in [0.1, 0.15) is 24.7 Å². The van der Waals surface area contributed by atoms with Crippen LogP contribution in [-0.2, 0) is 0 Å². The number of non-ortho nitro benzene ring substituents is 1. The Hall–Kier alpha value is -3.73. The van der Waals surface area contributed by atoms with Crippen molar-refractivity contribution in [3.8, 4) is 28.8 Å². The topological polar surface area (TPSA) is 109 Å². The zero-order chi connectivity index (χ0) is 18.8. The van der Waals surface area contributed by atoms with Crippen LogP contribution in [0.5, 0.6) is 0 Å². The van der Waals surface area contributed by atoms with Gasteiger partial charge in [-0.3, -0.25) is 15.0 Å². The molecular weight excluding hydrogens is 346 g/mol. The van der Waals surface area contributed by atoms with Gasteiger partial charge in [0.25, 0.3) is 11.6 Å². The van der Waals surface area contributed by atoms with Gasteiger partial charge in [-0.25, -0.2) is 0 Å². The molecule has 4 rings (SSSR count). The standard InChI is InChI=1S/C19H15N5O3/c20-12-23-10-2-5-17(23)18-21-19(27-22-18)15-4-1-3-14(11-15)13-6-8-16(9-7-13)24(25)26/h1,3-4,6-9,11,17H,2,5,10H2. The fraction of sp³-hybridized carbons (Fsp3) is 0.211. The molecule has 1 aliphatic rings. The van der Waals surface area contributed by atoms with Gasteiger partial charge in [0, 0.05) is 24.2 Å². The summed E-state index contributed by atoms with van der Waals surface area (Å²) in [5.74, 6) is 0.906. The third-order valence-electron chi connectivity index (χ3n) is 4.64. The molecule has 1 fully saturated rings. The summed E-state index contributed by atoms with van der Waals surface area (Å²) in [6, 6.07) is 13.8. The monoisotopic (exact) mass is 361 g/mol. The number of hydrogen-bond donors (Lipinski definition) is 0. The highest BCUT2D eigenvalue weighted by Crippen LogP contribution is 2.32. The second-order valence-corrected chi connectivity index (χ2v) is 6.29. The Bertz CT molecular complexity index is 1020. The first-order chi connectivity index (χ1) is 13.2. The highest BCUT2D eigenvalue weighted by Gasteiger charge is 2.29. The van der Waals surface area contributed by atoms with Crippen molar-refractivity contribution in [3.05, 3.63) is 64.5 Å². The second kappa shape index (κ2) is 6.88. The summed E-state index contributed by atoms with van der Waals surface area (Å²) < 4.78 is 5.41. The van der Waals surface area contributed by atoms with E-state index < -0.39 is 4.92 Å². The van der Waals surface area contributed by atoms with Crippen LogP contribution in [0.4, 0.5) is 5.69 Å². The minimum atomic E-state index is -0.423. The summed E-state index contributed by atoms with van der Waals surface area (Å²) in [5.41, 5.74) is 2.55. The number of nitro benzene ring substituents is 1. The van der Waals surface area contributed by atoms with Gasteiger partial charge in [-0.2, -0.15) is 10.2 Å². The van der Waals surface area contributed by atoms with Crippen LogP contribution in [0.3, 0.4) is 0 Å². The van der Waals surface area contributed by atoms with Crippen LogP contribution < -0.4 is 0 Å². The van der Waals surface area contributed by atoms with Crippen LogP contribution in [0, 0.1) is 21.6 Å². The molecule has 1 aromatic heterocycles. The Labute approximate surface area is 154 Å². The van der Waals surface area contributed by atoms with E-state index in [1.54, 1.807) is 17.0 Å². The van der Waals surface area contributed by atoms with Gasteiger partial charge in [0.05, 0.1) is 4.92 Å². The van der Waals surface area contributed by atoms with Gasteiger partial charge >= 0.3 is 0 Å². The van der Waals surface area contributed by atoms with E-state index in [1.807, 2.05) is 24.3 Å². The molecule has 0 amide bonds. The SMILES string of the molecule is N#CN1CCCC1c1noc(-c2cccc(-c3ccc([N+](=O)[O-])cc3)c2)n1. The van der Waals surface area contributed by atoms with E-state index in [9.17, 15) is 15.4 Å². The van der Waals surface area contributed by atoms with Crippen LogP contribution in [0.25, 0.3) is 22.6 Å². The summed E-state index contributed by atoms with van der Waals surface area (Å²) in [5, 5.41) is 24.0.